The van der Waals surface area contributed by atoms with Gasteiger partial charge in [0.1, 0.15) is 35.6 Å². The number of aliphatic hydroxyl groups is 2. The molecule has 4 rings (SSSR count). The van der Waals surface area contributed by atoms with Crippen LogP contribution in [-0.4, -0.2) is 210 Å². The van der Waals surface area contributed by atoms with Gasteiger partial charge >= 0.3 is 113 Å². The second-order valence-corrected chi connectivity index (χ2v) is 59.2. The molecule has 0 bridgehead atoms. The molecule has 0 aromatic heterocycles. The number of hydrogen-bond donors (Lipinski definition) is 2. The molecule has 0 aliphatic carbocycles. The van der Waals surface area contributed by atoms with E-state index in [0.29, 0.717) is 63.3 Å². The Bertz CT molecular complexity index is 2210. The molecule has 8 unspecified atom stereocenters. The Morgan fingerprint density at radius 1 is 0.551 bits per heavy atom. The number of carbonyl (C=O) groups is 4. The molecule has 0 aromatic carbocycles. The van der Waals surface area contributed by atoms with Crippen LogP contribution in [0.3, 0.4) is 0 Å². The minimum absolute atomic E-state index is 0.0464. The molecule has 2 fully saturated rings. The Kier molecular flexibility index (Phi) is 41.1. The molecule has 2 saturated heterocycles. The fourth-order valence-electron chi connectivity index (χ4n) is 14.0. The van der Waals surface area contributed by atoms with Crippen molar-refractivity contribution in [2.24, 2.45) is 40.9 Å². The predicted molar refractivity (Wildman–Crippen MR) is 374 cm³/mol. The molecule has 0 aromatic rings. The van der Waals surface area contributed by atoms with E-state index in [9.17, 15) is 29.4 Å². The zero-order chi connectivity index (χ0) is 69.0. The summed E-state index contributed by atoms with van der Waals surface area (Å²) in [6, 6.07) is 0.135. The number of rotatable bonds is 13. The van der Waals surface area contributed by atoms with Crippen LogP contribution in [-0.2, 0) is 71.3 Å². The van der Waals surface area contributed by atoms with Gasteiger partial charge in [-0.1, -0.05) is 55.4 Å². The Hall–Kier alpha value is 1.62. The standard InChI is InChI=1S/C32H57NO9.C32H57NO8.2I3/c1-14-24-31(7,36)16-18(2)25(34)19(3)17-32(8,39-13)28(21(5)26(37-11)22(6)29(35)41-24)42-30-27(38-12)23(33(9)10)15-20(4)40-30;1-14-24-32(9,36)17-19(3)25(34)18(2)16-31(7,8)28(21(5)26(37-12)22(6)29(35)40-24)41-30-27(38-13)23(33(10)11)15-20(4)39-30;2*1-3-2/h16,19-24,26-28,30,36H,14-15,17H2,1-13H3;17-18,20-24,26-28,30,36H,14-16H2,1-13H3;;/q;;2*-1/b18-16+;19-17+;;/t19-,20?,21+,22-,23?,24-,26+,27?,28-,30?,31+,32-;18-,20?,21+,22-,23?,24-,26+,27?,28-,30?,32+;;/m11../s1. The van der Waals surface area contributed by atoms with Crippen molar-refractivity contribution in [3.63, 3.8) is 0 Å². The summed E-state index contributed by atoms with van der Waals surface area (Å²) in [7, 11) is 16.1. The summed E-state index contributed by atoms with van der Waals surface area (Å²) < 4.78 is 68.2. The van der Waals surface area contributed by atoms with Gasteiger partial charge in [-0.05, 0) is 158 Å². The van der Waals surface area contributed by atoms with Gasteiger partial charge in [-0.3, -0.25) is 19.2 Å². The summed E-state index contributed by atoms with van der Waals surface area (Å²) in [4.78, 5) is 58.4. The molecule has 23 atom stereocenters. The minimum atomic E-state index is -1.54. The molecule has 526 valence electrons. The number of carbonyl (C=O) groups excluding carboxylic acids is 4. The van der Waals surface area contributed by atoms with Gasteiger partial charge in [0.2, 0.25) is 0 Å². The number of hydrogen-bond acceptors (Lipinski definition) is 19. The van der Waals surface area contributed by atoms with E-state index in [2.05, 4.69) is 98.1 Å². The first-order valence-corrected chi connectivity index (χ1v) is 56.0. The Morgan fingerprint density at radius 3 is 1.17 bits per heavy atom. The van der Waals surface area contributed by atoms with E-state index in [4.69, 9.17) is 52.1 Å². The first kappa shape index (κ1) is 88.6. The number of cyclic esters (lactones) is 2. The van der Waals surface area contributed by atoms with Crippen molar-refractivity contribution in [2.45, 2.75) is 259 Å². The number of methoxy groups -OCH3 is 5. The van der Waals surface area contributed by atoms with Crippen LogP contribution in [0.1, 0.15) is 156 Å². The van der Waals surface area contributed by atoms with Crippen LogP contribution in [0, 0.1) is 40.9 Å². The van der Waals surface area contributed by atoms with Crippen molar-refractivity contribution >= 4 is 98.0 Å². The van der Waals surface area contributed by atoms with Gasteiger partial charge in [-0.2, -0.15) is 0 Å². The van der Waals surface area contributed by atoms with Crippen LogP contribution in [0.2, 0.25) is 0 Å². The van der Waals surface area contributed by atoms with Gasteiger partial charge in [0.25, 0.3) is 0 Å². The molecule has 4 aliphatic rings. The summed E-state index contributed by atoms with van der Waals surface area (Å²) in [6.45, 7) is 31.6. The zero-order valence-corrected chi connectivity index (χ0v) is 71.1. The summed E-state index contributed by atoms with van der Waals surface area (Å²) >= 11 is 10.6. The monoisotopic (exact) mass is 1940 g/mol. The molecule has 25 heteroatoms. The first-order chi connectivity index (χ1) is 41.2. The number of esters is 2. The van der Waals surface area contributed by atoms with Crippen molar-refractivity contribution in [3.8, 4) is 0 Å². The second kappa shape index (κ2) is 41.3. The van der Waals surface area contributed by atoms with E-state index < -0.39 is 113 Å². The van der Waals surface area contributed by atoms with E-state index in [1.165, 1.54) is 12.2 Å². The van der Waals surface area contributed by atoms with E-state index in [1.54, 1.807) is 77.1 Å². The number of likely N-dealkylation sites (N-methyl/N-ethyl adjacent to an activating group) is 2. The topological polar surface area (TPSA) is 217 Å². The average molecular weight is 1950 g/mol. The maximum atomic E-state index is 13.6. The molecule has 0 amide bonds. The normalized spacial score (nSPS) is 41.1. The molecular weight excluding hydrogens is 1830 g/mol. The van der Waals surface area contributed by atoms with Crippen molar-refractivity contribution < 1.29 is 108 Å². The van der Waals surface area contributed by atoms with Gasteiger partial charge in [-0.25, -0.2) is 0 Å². The molecule has 4 heterocycles. The molecule has 0 saturated carbocycles. The molecule has 0 radical (unpaired) electrons. The fourth-order valence-corrected chi connectivity index (χ4v) is 14.0. The Labute approximate surface area is 595 Å². The maximum absolute atomic E-state index is 13.6. The van der Waals surface area contributed by atoms with Crippen LogP contribution in [0.15, 0.2) is 23.3 Å². The van der Waals surface area contributed by atoms with Crippen molar-refractivity contribution in [3.05, 3.63) is 23.3 Å². The molecule has 4 aliphatic heterocycles. The Morgan fingerprint density at radius 2 is 0.865 bits per heavy atom. The Balaban J connectivity index is 0.000000817. The van der Waals surface area contributed by atoms with Crippen molar-refractivity contribution in [1.82, 2.24) is 9.80 Å². The predicted octanol–water partition coefficient (Wildman–Crippen LogP) is 5.72. The number of allylic oxidation sites excluding steroid dienone is 2. The number of ketones is 2. The van der Waals surface area contributed by atoms with Gasteiger partial charge in [0.05, 0.1) is 54.1 Å². The number of ether oxygens (including phenoxy) is 11. The third-order valence-electron chi connectivity index (χ3n) is 18.5. The van der Waals surface area contributed by atoms with Gasteiger partial charge < -0.3 is 72.1 Å². The quantitative estimate of drug-likeness (QED) is 0.167. The molecule has 0 spiro atoms. The molecule has 2 N–H and O–H groups in total. The SMILES string of the molecule is CC[C@H]1OC(=O)[C@H](C)[C@@H](OC)[C@H](C)[C@@H](OC2OC(C)CC(N(C)C)C2OC)C(C)(C)C[C@@H](C)C(=O)/C(C)=C/[C@]1(C)O.CC[C@H]1OC(=O)[C@H](C)[C@@H](OC)[C@H](C)[C@@H](OC2OC(C)CC(N(C)C)C2OC)[C@](C)(OC)C[C@@H](C)C(=O)/C(C)=C/[C@]1(C)O.I[I-]I.I[I-]I. The van der Waals surface area contributed by atoms with E-state index in [-0.39, 0.29) is 53.8 Å². The molecule has 19 nitrogen and oxygen atoms in total. The third kappa shape index (κ3) is 25.4. The van der Waals surface area contributed by atoms with Gasteiger partial charge in [-0.15, -0.1) is 0 Å². The van der Waals surface area contributed by atoms with Crippen molar-refractivity contribution in [1.29, 1.82) is 0 Å². The number of halogens is 6. The zero-order valence-electron chi connectivity index (χ0n) is 58.1. The van der Waals surface area contributed by atoms with E-state index >= 15 is 0 Å². The third-order valence-corrected chi connectivity index (χ3v) is 18.5. The van der Waals surface area contributed by atoms with Crippen LogP contribution in [0.25, 0.3) is 0 Å². The van der Waals surface area contributed by atoms with Crippen LogP contribution in [0.4, 0.5) is 0 Å². The van der Waals surface area contributed by atoms with Crippen LogP contribution in [0.5, 0.6) is 0 Å². The van der Waals surface area contributed by atoms with Gasteiger partial charge in [0, 0.05) is 71.3 Å². The first-order valence-electron chi connectivity index (χ1n) is 30.9. The summed E-state index contributed by atoms with van der Waals surface area (Å²) in [5.41, 5.74) is -3.74. The summed E-state index contributed by atoms with van der Waals surface area (Å²) in [5, 5.41) is 22.6. The van der Waals surface area contributed by atoms with Crippen LogP contribution < -0.4 is 26.5 Å². The van der Waals surface area contributed by atoms with Gasteiger partial charge in [0.15, 0.2) is 24.1 Å². The van der Waals surface area contributed by atoms with Crippen molar-refractivity contribution in [2.75, 3.05) is 63.7 Å². The number of Topliss-reactive ketones (excluding diaryl/α,β-unsaturated/α-hetero) is 2. The number of nitrogens with zero attached hydrogens (tertiary/aromatic N) is 2. The summed E-state index contributed by atoms with van der Waals surface area (Å²) in [6.07, 6.45) is -0.0914. The van der Waals surface area contributed by atoms with E-state index in [1.807, 2.05) is 90.5 Å². The molecule has 89 heavy (non-hydrogen) atoms. The molecular formula is C64H114I6N2O17-2. The fraction of sp³-hybridized carbons (Fsp3) is 0.875. The second-order valence-electron chi connectivity index (χ2n) is 26.7. The summed E-state index contributed by atoms with van der Waals surface area (Å²) in [5.74, 6) is -4.05. The average Bonchev–Trinajstić information content (AvgIpc) is 0.847. The van der Waals surface area contributed by atoms with Crippen LogP contribution >= 0.6 is 74.5 Å². The van der Waals surface area contributed by atoms with E-state index in [0.717, 1.165) is 12.8 Å².